The van der Waals surface area contributed by atoms with E-state index < -0.39 is 0 Å². The summed E-state index contributed by atoms with van der Waals surface area (Å²) in [4.78, 5) is 0. The van der Waals surface area contributed by atoms with Gasteiger partial charge in [0, 0.05) is 18.9 Å². The van der Waals surface area contributed by atoms with Crippen LogP contribution in [0.25, 0.3) is 0 Å². The molecule has 0 saturated heterocycles. The zero-order valence-corrected chi connectivity index (χ0v) is 12.8. The van der Waals surface area contributed by atoms with Gasteiger partial charge < -0.3 is 19.4 Å². The minimum Gasteiger partial charge on any atom is -0.490 e. The second-order valence-electron chi connectivity index (χ2n) is 4.77. The molecule has 0 atom stereocenters. The van der Waals surface area contributed by atoms with E-state index in [1.807, 2.05) is 31.2 Å². The highest BCUT2D eigenvalue weighted by Crippen LogP contribution is 2.26. The Morgan fingerprint density at radius 1 is 1.05 bits per heavy atom. The number of para-hydroxylation sites is 2. The Morgan fingerprint density at radius 3 is 2.52 bits per heavy atom. The van der Waals surface area contributed by atoms with Crippen LogP contribution in [-0.2, 0) is 13.1 Å². The fraction of sp³-hybridized carbons (Fsp3) is 0.412. The summed E-state index contributed by atoms with van der Waals surface area (Å²) in [6.45, 7) is 8.08. The Hall–Kier alpha value is -1.94. The van der Waals surface area contributed by atoms with Crippen molar-refractivity contribution in [3.63, 3.8) is 0 Å². The molecule has 0 aliphatic carbocycles. The highest BCUT2D eigenvalue weighted by atomic mass is 16.5. The van der Waals surface area contributed by atoms with Gasteiger partial charge in [0.1, 0.15) is 6.61 Å². The average molecular weight is 288 g/mol. The average Bonchev–Trinajstić information content (AvgIpc) is 2.95. The summed E-state index contributed by atoms with van der Waals surface area (Å²) in [6.07, 6.45) is 4.24. The fourth-order valence-corrected chi connectivity index (χ4v) is 2.11. The minimum atomic E-state index is 0.624. The lowest BCUT2D eigenvalue weighted by atomic mass is 10.3. The molecule has 0 fully saturated rings. The van der Waals surface area contributed by atoms with Gasteiger partial charge in [0.25, 0.3) is 0 Å². The van der Waals surface area contributed by atoms with Gasteiger partial charge in [-0.1, -0.05) is 19.1 Å². The molecule has 0 aliphatic rings. The van der Waals surface area contributed by atoms with Crippen molar-refractivity contribution >= 4 is 0 Å². The van der Waals surface area contributed by atoms with Gasteiger partial charge in [0.2, 0.25) is 0 Å². The van der Waals surface area contributed by atoms with Crippen LogP contribution in [-0.4, -0.2) is 24.3 Å². The van der Waals surface area contributed by atoms with Crippen molar-refractivity contribution in [1.29, 1.82) is 0 Å². The summed E-state index contributed by atoms with van der Waals surface area (Å²) in [7, 11) is 0. The molecule has 0 aliphatic heterocycles. The van der Waals surface area contributed by atoms with E-state index in [4.69, 9.17) is 9.47 Å². The van der Waals surface area contributed by atoms with Crippen molar-refractivity contribution < 1.29 is 9.47 Å². The molecule has 4 nitrogen and oxygen atoms in total. The molecule has 1 N–H and O–H groups in total. The highest BCUT2D eigenvalue weighted by Gasteiger charge is 2.03. The van der Waals surface area contributed by atoms with Crippen LogP contribution in [0.4, 0.5) is 0 Å². The largest absolute Gasteiger partial charge is 0.490 e. The van der Waals surface area contributed by atoms with Crippen molar-refractivity contribution in [2.45, 2.75) is 26.9 Å². The topological polar surface area (TPSA) is 35.4 Å². The van der Waals surface area contributed by atoms with Gasteiger partial charge in [-0.15, -0.1) is 0 Å². The Bertz CT molecular complexity index is 537. The molecule has 1 aromatic heterocycles. The second kappa shape index (κ2) is 8.37. The Balaban J connectivity index is 1.82. The molecule has 0 saturated carbocycles. The maximum absolute atomic E-state index is 5.82. The van der Waals surface area contributed by atoms with Crippen LogP contribution in [0.3, 0.4) is 0 Å². The highest BCUT2D eigenvalue weighted by molar-refractivity contribution is 5.39. The fourth-order valence-electron chi connectivity index (χ4n) is 2.11. The van der Waals surface area contributed by atoms with Gasteiger partial charge in [-0.2, -0.15) is 0 Å². The Labute approximate surface area is 126 Å². The number of hydrogen-bond acceptors (Lipinski definition) is 3. The predicted molar refractivity (Wildman–Crippen MR) is 84.9 cm³/mol. The van der Waals surface area contributed by atoms with Crippen molar-refractivity contribution in [1.82, 2.24) is 9.88 Å². The van der Waals surface area contributed by atoms with Crippen molar-refractivity contribution in [2.24, 2.45) is 0 Å². The van der Waals surface area contributed by atoms with Crippen molar-refractivity contribution in [3.8, 4) is 11.5 Å². The first-order chi connectivity index (χ1) is 10.3. The number of nitrogens with zero attached hydrogens (tertiary/aromatic N) is 1. The Kier molecular flexibility index (Phi) is 6.16. The first kappa shape index (κ1) is 15.4. The maximum atomic E-state index is 5.82. The van der Waals surface area contributed by atoms with Crippen LogP contribution in [0.1, 0.15) is 19.4 Å². The lowest BCUT2D eigenvalue weighted by Crippen LogP contribution is -2.11. The van der Waals surface area contributed by atoms with E-state index in [1.54, 1.807) is 0 Å². The van der Waals surface area contributed by atoms with Crippen LogP contribution < -0.4 is 14.8 Å². The number of aromatic nitrogens is 1. The van der Waals surface area contributed by atoms with Crippen LogP contribution in [0.15, 0.2) is 42.7 Å². The molecule has 0 bridgehead atoms. The summed E-state index contributed by atoms with van der Waals surface area (Å²) in [6, 6.07) is 9.93. The summed E-state index contributed by atoms with van der Waals surface area (Å²) < 4.78 is 13.5. The zero-order valence-electron chi connectivity index (χ0n) is 12.8. The van der Waals surface area contributed by atoms with E-state index in [9.17, 15) is 0 Å². The van der Waals surface area contributed by atoms with Gasteiger partial charge in [-0.25, -0.2) is 0 Å². The zero-order chi connectivity index (χ0) is 14.9. The summed E-state index contributed by atoms with van der Waals surface area (Å²) >= 11 is 0. The van der Waals surface area contributed by atoms with Crippen molar-refractivity contribution in [3.05, 3.63) is 48.3 Å². The lowest BCUT2D eigenvalue weighted by molar-refractivity contribution is 0.266. The van der Waals surface area contributed by atoms with E-state index in [2.05, 4.69) is 35.3 Å². The van der Waals surface area contributed by atoms with Crippen LogP contribution in [0.2, 0.25) is 0 Å². The van der Waals surface area contributed by atoms with Crippen LogP contribution in [0, 0.1) is 0 Å². The molecular weight excluding hydrogens is 264 g/mol. The van der Waals surface area contributed by atoms with Gasteiger partial charge in [0.05, 0.1) is 13.2 Å². The first-order valence-electron chi connectivity index (χ1n) is 7.53. The predicted octanol–water partition coefficient (Wildman–Crippen LogP) is 3.08. The molecule has 21 heavy (non-hydrogen) atoms. The number of rotatable bonds is 9. The molecule has 0 radical (unpaired) electrons. The normalized spacial score (nSPS) is 10.6. The summed E-state index contributed by atoms with van der Waals surface area (Å²) in [5, 5.41) is 3.32. The van der Waals surface area contributed by atoms with E-state index in [0.29, 0.717) is 13.2 Å². The van der Waals surface area contributed by atoms with Crippen LogP contribution >= 0.6 is 0 Å². The molecule has 0 spiro atoms. The lowest BCUT2D eigenvalue weighted by Gasteiger charge is -2.11. The monoisotopic (exact) mass is 288 g/mol. The SMILES string of the molecule is CCNCc1ccn(CCOc2ccccc2OCC)c1. The van der Waals surface area contributed by atoms with Gasteiger partial charge >= 0.3 is 0 Å². The molecule has 2 aromatic rings. The minimum absolute atomic E-state index is 0.624. The van der Waals surface area contributed by atoms with E-state index in [1.165, 1.54) is 5.56 Å². The molecule has 4 heteroatoms. The molecule has 1 heterocycles. The second-order valence-corrected chi connectivity index (χ2v) is 4.77. The first-order valence-corrected chi connectivity index (χ1v) is 7.53. The number of nitrogens with one attached hydrogen (secondary N) is 1. The third-order valence-corrected chi connectivity index (χ3v) is 3.15. The molecule has 0 unspecified atom stereocenters. The molecule has 1 aromatic carbocycles. The third-order valence-electron chi connectivity index (χ3n) is 3.15. The smallest absolute Gasteiger partial charge is 0.161 e. The van der Waals surface area contributed by atoms with Gasteiger partial charge in [-0.05, 0) is 37.2 Å². The molecular formula is C17H24N2O2. The Morgan fingerprint density at radius 2 is 1.81 bits per heavy atom. The van der Waals surface area contributed by atoms with E-state index >= 15 is 0 Å². The van der Waals surface area contributed by atoms with Crippen molar-refractivity contribution in [2.75, 3.05) is 19.8 Å². The third kappa shape index (κ3) is 4.83. The van der Waals surface area contributed by atoms with Gasteiger partial charge in [0.15, 0.2) is 11.5 Å². The standard InChI is InChI=1S/C17H24N2O2/c1-3-18-13-15-9-10-19(14-15)11-12-21-17-8-6-5-7-16(17)20-4-2/h5-10,14,18H,3-4,11-13H2,1-2H3. The van der Waals surface area contributed by atoms with Gasteiger partial charge in [-0.3, -0.25) is 0 Å². The van der Waals surface area contributed by atoms with E-state index in [0.717, 1.165) is 31.1 Å². The maximum Gasteiger partial charge on any atom is 0.161 e. The number of ether oxygens (including phenoxy) is 2. The summed E-state index contributed by atoms with van der Waals surface area (Å²) in [5.74, 6) is 1.61. The molecule has 0 amide bonds. The molecule has 114 valence electrons. The molecule has 2 rings (SSSR count). The number of hydrogen-bond donors (Lipinski definition) is 1. The number of benzene rings is 1. The summed E-state index contributed by atoms with van der Waals surface area (Å²) in [5.41, 5.74) is 1.30. The van der Waals surface area contributed by atoms with Crippen LogP contribution in [0.5, 0.6) is 11.5 Å². The quantitative estimate of drug-likeness (QED) is 0.770. The van der Waals surface area contributed by atoms with E-state index in [-0.39, 0.29) is 0 Å².